The third-order valence-electron chi connectivity index (χ3n) is 3.67. The number of carbonyl (C=O) groups excluding carboxylic acids is 2. The maximum absolute atomic E-state index is 11.9. The number of hydrogen-bond acceptors (Lipinski definition) is 6. The lowest BCUT2D eigenvalue weighted by Crippen LogP contribution is -2.42. The molecule has 0 spiro atoms. The number of carbonyl (C=O) groups is 2. The Morgan fingerprint density at radius 2 is 1.68 bits per heavy atom. The van der Waals surface area contributed by atoms with E-state index in [1.54, 1.807) is 6.20 Å². The molecule has 0 radical (unpaired) electrons. The van der Waals surface area contributed by atoms with Gasteiger partial charge in [0, 0.05) is 37.5 Å². The summed E-state index contributed by atoms with van der Waals surface area (Å²) in [6, 6.07) is 11.4. The van der Waals surface area contributed by atoms with Crippen LogP contribution in [0.15, 0.2) is 54.4 Å². The summed E-state index contributed by atoms with van der Waals surface area (Å²) in [4.78, 5) is 28.1. The van der Waals surface area contributed by atoms with Crippen LogP contribution in [0.4, 0.5) is 5.69 Å². The number of ether oxygens (including phenoxy) is 2. The van der Waals surface area contributed by atoms with Crippen LogP contribution in [0.25, 0.3) is 11.3 Å². The minimum absolute atomic E-state index is 0.177. The molecule has 1 aliphatic rings. The summed E-state index contributed by atoms with van der Waals surface area (Å²) in [6.45, 7) is 5.01. The first kappa shape index (κ1) is 16.7. The highest BCUT2D eigenvalue weighted by atomic mass is 16.7. The number of pyridine rings is 1. The lowest BCUT2D eigenvalue weighted by Gasteiger charge is -2.29. The van der Waals surface area contributed by atoms with Crippen molar-refractivity contribution >= 4 is 17.6 Å². The second-order valence-corrected chi connectivity index (χ2v) is 6.13. The molecule has 3 rings (SSSR count). The van der Waals surface area contributed by atoms with E-state index in [1.807, 2.05) is 43.3 Å². The van der Waals surface area contributed by atoms with E-state index in [-0.39, 0.29) is 5.57 Å². The van der Waals surface area contributed by atoms with E-state index >= 15 is 0 Å². The van der Waals surface area contributed by atoms with Gasteiger partial charge in [-0.05, 0) is 30.7 Å². The monoisotopic (exact) mass is 338 g/mol. The van der Waals surface area contributed by atoms with Crippen LogP contribution in [0.3, 0.4) is 0 Å². The van der Waals surface area contributed by atoms with Crippen LogP contribution >= 0.6 is 0 Å². The van der Waals surface area contributed by atoms with Gasteiger partial charge in [-0.15, -0.1) is 0 Å². The zero-order valence-electron chi connectivity index (χ0n) is 14.2. The van der Waals surface area contributed by atoms with Gasteiger partial charge in [0.05, 0.1) is 5.69 Å². The summed E-state index contributed by atoms with van der Waals surface area (Å²) in [7, 11) is 0. The molecule has 25 heavy (non-hydrogen) atoms. The van der Waals surface area contributed by atoms with E-state index in [1.165, 1.54) is 20.0 Å². The van der Waals surface area contributed by atoms with Crippen molar-refractivity contribution in [2.24, 2.45) is 0 Å². The molecule has 0 aliphatic carbocycles. The van der Waals surface area contributed by atoms with Crippen molar-refractivity contribution < 1.29 is 19.1 Å². The van der Waals surface area contributed by atoms with Crippen molar-refractivity contribution in [3.63, 3.8) is 0 Å². The molecule has 1 aromatic heterocycles. The number of esters is 2. The molecule has 1 aliphatic heterocycles. The molecule has 0 saturated carbocycles. The number of cyclic esters (lactones) is 2. The predicted octanol–water partition coefficient (Wildman–Crippen LogP) is 3.19. The molecule has 6 heteroatoms. The first-order chi connectivity index (χ1) is 11.9. The molecule has 2 heterocycles. The number of benzene rings is 1. The predicted molar refractivity (Wildman–Crippen MR) is 92.4 cm³/mol. The number of nitrogens with zero attached hydrogens (tertiary/aromatic N) is 1. The minimum Gasteiger partial charge on any atom is -0.419 e. The van der Waals surface area contributed by atoms with Crippen molar-refractivity contribution in [3.05, 3.63) is 59.9 Å². The van der Waals surface area contributed by atoms with Crippen molar-refractivity contribution in [1.29, 1.82) is 0 Å². The Kier molecular flexibility index (Phi) is 4.27. The number of anilines is 1. The lowest BCUT2D eigenvalue weighted by atomic mass is 10.1. The highest BCUT2D eigenvalue weighted by molar-refractivity contribution is 6.15. The number of hydrogen-bond donors (Lipinski definition) is 1. The maximum atomic E-state index is 11.9. The average Bonchev–Trinajstić information content (AvgIpc) is 2.54. The normalized spacial score (nSPS) is 16.0. The third-order valence-corrected chi connectivity index (χ3v) is 3.67. The summed E-state index contributed by atoms with van der Waals surface area (Å²) in [5.41, 5.74) is 3.52. The Labute approximate surface area is 145 Å². The quantitative estimate of drug-likeness (QED) is 0.526. The average molecular weight is 338 g/mol. The van der Waals surface area contributed by atoms with Crippen molar-refractivity contribution in [3.8, 4) is 11.3 Å². The zero-order valence-corrected chi connectivity index (χ0v) is 14.2. The molecule has 1 aromatic carbocycles. The standard InChI is InChI=1S/C19H18N2O4/c1-12-5-4-10-20-16(12)13-6-8-14(9-7-13)21-11-15-17(22)24-19(2,3)25-18(15)23/h4-11,21H,1-3H3. The molecular formula is C19H18N2O4. The van der Waals surface area contributed by atoms with Crippen molar-refractivity contribution in [2.75, 3.05) is 5.32 Å². The van der Waals surface area contributed by atoms with E-state index in [2.05, 4.69) is 10.3 Å². The molecule has 0 amide bonds. The maximum Gasteiger partial charge on any atom is 0.350 e. The topological polar surface area (TPSA) is 77.5 Å². The largest absolute Gasteiger partial charge is 0.419 e. The molecule has 0 bridgehead atoms. The number of aryl methyl sites for hydroxylation is 1. The zero-order chi connectivity index (χ0) is 18.0. The van der Waals surface area contributed by atoms with Gasteiger partial charge in [-0.1, -0.05) is 18.2 Å². The van der Waals surface area contributed by atoms with Gasteiger partial charge in [0.25, 0.3) is 5.79 Å². The summed E-state index contributed by atoms with van der Waals surface area (Å²) < 4.78 is 10.1. The van der Waals surface area contributed by atoms with Gasteiger partial charge in [-0.25, -0.2) is 9.59 Å². The SMILES string of the molecule is Cc1cccnc1-c1ccc(NC=C2C(=O)OC(C)(C)OC2=O)cc1. The lowest BCUT2D eigenvalue weighted by molar-refractivity contribution is -0.222. The number of rotatable bonds is 3. The van der Waals surface area contributed by atoms with E-state index in [0.29, 0.717) is 0 Å². The highest BCUT2D eigenvalue weighted by Crippen LogP contribution is 2.24. The third kappa shape index (κ3) is 3.68. The second kappa shape index (κ2) is 6.39. The molecule has 6 nitrogen and oxygen atoms in total. The molecule has 128 valence electrons. The van der Waals surface area contributed by atoms with Gasteiger partial charge < -0.3 is 14.8 Å². The molecule has 0 unspecified atom stereocenters. The number of nitrogens with one attached hydrogen (secondary N) is 1. The van der Waals surface area contributed by atoms with Crippen LogP contribution in [0.5, 0.6) is 0 Å². The van der Waals surface area contributed by atoms with Gasteiger partial charge in [-0.3, -0.25) is 4.98 Å². The van der Waals surface area contributed by atoms with Crippen molar-refractivity contribution in [2.45, 2.75) is 26.6 Å². The second-order valence-electron chi connectivity index (χ2n) is 6.13. The fourth-order valence-corrected chi connectivity index (χ4v) is 2.45. The van der Waals surface area contributed by atoms with Gasteiger partial charge >= 0.3 is 11.9 Å². The van der Waals surface area contributed by atoms with E-state index in [0.717, 1.165) is 22.5 Å². The van der Waals surface area contributed by atoms with Crippen LogP contribution in [0, 0.1) is 6.92 Å². The first-order valence-corrected chi connectivity index (χ1v) is 7.81. The molecule has 0 atom stereocenters. The summed E-state index contributed by atoms with van der Waals surface area (Å²) in [5, 5.41) is 2.91. The van der Waals surface area contributed by atoms with E-state index in [4.69, 9.17) is 9.47 Å². The summed E-state index contributed by atoms with van der Waals surface area (Å²) >= 11 is 0. The van der Waals surface area contributed by atoms with Gasteiger partial charge in [-0.2, -0.15) is 0 Å². The fraction of sp³-hybridized carbons (Fsp3) is 0.211. The first-order valence-electron chi connectivity index (χ1n) is 7.81. The van der Waals surface area contributed by atoms with Crippen LogP contribution < -0.4 is 5.32 Å². The molecular weight excluding hydrogens is 320 g/mol. The Balaban J connectivity index is 1.75. The minimum atomic E-state index is -1.24. The summed E-state index contributed by atoms with van der Waals surface area (Å²) in [6.07, 6.45) is 3.04. The molecule has 1 N–H and O–H groups in total. The highest BCUT2D eigenvalue weighted by Gasteiger charge is 2.38. The Hall–Kier alpha value is -3.15. The fourth-order valence-electron chi connectivity index (χ4n) is 2.45. The van der Waals surface area contributed by atoms with Crippen LogP contribution in [-0.2, 0) is 19.1 Å². The van der Waals surface area contributed by atoms with Crippen LogP contribution in [-0.4, -0.2) is 22.7 Å². The van der Waals surface area contributed by atoms with Crippen molar-refractivity contribution in [1.82, 2.24) is 4.98 Å². The molecule has 2 aromatic rings. The van der Waals surface area contributed by atoms with Crippen LogP contribution in [0.2, 0.25) is 0 Å². The smallest absolute Gasteiger partial charge is 0.350 e. The Morgan fingerprint density at radius 3 is 2.28 bits per heavy atom. The molecule has 1 saturated heterocycles. The Bertz CT molecular complexity index is 832. The van der Waals surface area contributed by atoms with E-state index in [9.17, 15) is 9.59 Å². The van der Waals surface area contributed by atoms with Gasteiger partial charge in [0.2, 0.25) is 0 Å². The molecule has 1 fully saturated rings. The van der Waals surface area contributed by atoms with Gasteiger partial charge in [0.1, 0.15) is 0 Å². The van der Waals surface area contributed by atoms with Gasteiger partial charge in [0.15, 0.2) is 5.57 Å². The van der Waals surface area contributed by atoms with E-state index < -0.39 is 17.7 Å². The number of aromatic nitrogens is 1. The van der Waals surface area contributed by atoms with Crippen LogP contribution in [0.1, 0.15) is 19.4 Å². The Morgan fingerprint density at radius 1 is 1.04 bits per heavy atom. The summed E-state index contributed by atoms with van der Waals surface area (Å²) in [5.74, 6) is -2.67.